The Kier molecular flexibility index (Phi) is 6.00. The summed E-state index contributed by atoms with van der Waals surface area (Å²) in [5.74, 6) is -2.69. The molecular weight excluding hydrogens is 348 g/mol. The predicted molar refractivity (Wildman–Crippen MR) is 99.9 cm³/mol. The number of phenolic OH excluding ortho intramolecular Hbond substituents is 2. The minimum atomic E-state index is -0.992. The second-order valence-electron chi connectivity index (χ2n) is 6.53. The molecule has 0 aliphatic heterocycles. The lowest BCUT2D eigenvalue weighted by atomic mass is 9.85. The van der Waals surface area contributed by atoms with Crippen molar-refractivity contribution < 1.29 is 29.3 Å². The predicted octanol–water partition coefficient (Wildman–Crippen LogP) is 3.64. The fourth-order valence-corrected chi connectivity index (χ4v) is 2.64. The van der Waals surface area contributed by atoms with Crippen LogP contribution in [0.1, 0.15) is 54.8 Å². The normalized spacial score (nSPS) is 15.0. The third-order valence-electron chi connectivity index (χ3n) is 4.27. The highest BCUT2D eigenvalue weighted by molar-refractivity contribution is 6.27. The van der Waals surface area contributed by atoms with E-state index in [0.717, 1.165) is 23.8 Å². The molecule has 0 saturated carbocycles. The molecule has 0 heterocycles. The van der Waals surface area contributed by atoms with Gasteiger partial charge in [-0.15, -0.1) is 0 Å². The molecule has 1 aliphatic rings. The molecule has 142 valence electrons. The van der Waals surface area contributed by atoms with Crippen LogP contribution in [0.3, 0.4) is 0 Å². The van der Waals surface area contributed by atoms with Crippen molar-refractivity contribution in [3.63, 3.8) is 0 Å². The Hall–Kier alpha value is -3.15. The van der Waals surface area contributed by atoms with E-state index < -0.39 is 29.4 Å². The quantitative estimate of drug-likeness (QED) is 0.355. The van der Waals surface area contributed by atoms with Gasteiger partial charge in [0.1, 0.15) is 17.6 Å². The van der Waals surface area contributed by atoms with Crippen molar-refractivity contribution in [3.8, 4) is 11.5 Å². The van der Waals surface area contributed by atoms with E-state index in [1.807, 2.05) is 13.8 Å². The number of benzene rings is 1. The number of ether oxygens (including phenoxy) is 1. The number of phenols is 2. The smallest absolute Gasteiger partial charge is 0.334 e. The van der Waals surface area contributed by atoms with Crippen LogP contribution in [-0.4, -0.2) is 33.9 Å². The van der Waals surface area contributed by atoms with Crippen LogP contribution < -0.4 is 0 Å². The van der Waals surface area contributed by atoms with Crippen molar-refractivity contribution in [1.29, 1.82) is 0 Å². The number of hydrogen-bond donors (Lipinski definition) is 2. The van der Waals surface area contributed by atoms with E-state index in [4.69, 9.17) is 4.74 Å². The first-order valence-corrected chi connectivity index (χ1v) is 8.50. The minimum absolute atomic E-state index is 0.0387. The molecule has 6 heteroatoms. The number of ketones is 2. The number of carbonyl (C=O) groups is 3. The lowest BCUT2D eigenvalue weighted by Gasteiger charge is -2.23. The van der Waals surface area contributed by atoms with Gasteiger partial charge in [-0.25, -0.2) is 4.79 Å². The summed E-state index contributed by atoms with van der Waals surface area (Å²) >= 11 is 0. The first-order chi connectivity index (χ1) is 12.7. The standard InChI is InChI=1S/C21H22O6/c1-5-12(4)21(26)27-17(9-6-11(2)3)13-10-16(24)18-14(22)7-8-15(23)19(18)20(13)25/h5-8,10,17,22-23H,9H2,1-4H3/b12-5+/t17-/m1/s1. The Morgan fingerprint density at radius 1 is 1.11 bits per heavy atom. The summed E-state index contributed by atoms with van der Waals surface area (Å²) in [5.41, 5.74) is 0.755. The van der Waals surface area contributed by atoms with Crippen molar-refractivity contribution in [2.24, 2.45) is 0 Å². The maximum Gasteiger partial charge on any atom is 0.334 e. The van der Waals surface area contributed by atoms with Gasteiger partial charge in [0.25, 0.3) is 0 Å². The highest BCUT2D eigenvalue weighted by Gasteiger charge is 2.35. The average Bonchev–Trinajstić information content (AvgIpc) is 2.62. The maximum atomic E-state index is 12.9. The van der Waals surface area contributed by atoms with Gasteiger partial charge in [-0.2, -0.15) is 0 Å². The van der Waals surface area contributed by atoms with Gasteiger partial charge < -0.3 is 14.9 Å². The molecule has 1 aliphatic carbocycles. The van der Waals surface area contributed by atoms with Crippen molar-refractivity contribution in [1.82, 2.24) is 0 Å². The third kappa shape index (κ3) is 4.16. The highest BCUT2D eigenvalue weighted by atomic mass is 16.5. The summed E-state index contributed by atoms with van der Waals surface area (Å²) in [7, 11) is 0. The Morgan fingerprint density at radius 3 is 2.26 bits per heavy atom. The first-order valence-electron chi connectivity index (χ1n) is 8.50. The number of hydrogen-bond acceptors (Lipinski definition) is 6. The van der Waals surface area contributed by atoms with Gasteiger partial charge in [-0.1, -0.05) is 17.7 Å². The molecule has 2 N–H and O–H groups in total. The molecule has 2 rings (SSSR count). The van der Waals surface area contributed by atoms with E-state index in [0.29, 0.717) is 5.57 Å². The highest BCUT2D eigenvalue weighted by Crippen LogP contribution is 2.36. The van der Waals surface area contributed by atoms with Gasteiger partial charge in [-0.3, -0.25) is 9.59 Å². The van der Waals surface area contributed by atoms with Crippen molar-refractivity contribution in [2.45, 2.75) is 40.2 Å². The fourth-order valence-electron chi connectivity index (χ4n) is 2.64. The number of fused-ring (bicyclic) bond motifs is 1. The lowest BCUT2D eigenvalue weighted by molar-refractivity contribution is -0.142. The summed E-state index contributed by atoms with van der Waals surface area (Å²) in [6.45, 7) is 6.99. The first kappa shape index (κ1) is 20.2. The Morgan fingerprint density at radius 2 is 1.70 bits per heavy atom. The fraction of sp³-hybridized carbons (Fsp3) is 0.286. The molecule has 0 amide bonds. The average molecular weight is 370 g/mol. The van der Waals surface area contributed by atoms with Crippen LogP contribution in [0.4, 0.5) is 0 Å². The van der Waals surface area contributed by atoms with Gasteiger partial charge in [0, 0.05) is 17.6 Å². The molecule has 0 unspecified atom stereocenters. The second-order valence-corrected chi connectivity index (χ2v) is 6.53. The van der Waals surface area contributed by atoms with Crippen LogP contribution >= 0.6 is 0 Å². The number of esters is 1. The zero-order chi connectivity index (χ0) is 20.3. The van der Waals surface area contributed by atoms with E-state index in [-0.39, 0.29) is 28.9 Å². The zero-order valence-corrected chi connectivity index (χ0v) is 15.7. The number of Topliss-reactive ketones (excluding diaryl/α,β-unsaturated/α-hetero) is 1. The van der Waals surface area contributed by atoms with Gasteiger partial charge >= 0.3 is 5.97 Å². The monoisotopic (exact) mass is 370 g/mol. The van der Waals surface area contributed by atoms with Crippen LogP contribution in [-0.2, 0) is 9.53 Å². The lowest BCUT2D eigenvalue weighted by Crippen LogP contribution is -2.29. The summed E-state index contributed by atoms with van der Waals surface area (Å²) in [4.78, 5) is 37.6. The van der Waals surface area contributed by atoms with Gasteiger partial charge in [0.05, 0.1) is 11.1 Å². The van der Waals surface area contributed by atoms with E-state index in [1.54, 1.807) is 26.0 Å². The van der Waals surface area contributed by atoms with Crippen molar-refractivity contribution >= 4 is 17.5 Å². The molecular formula is C21H22O6. The molecule has 6 nitrogen and oxygen atoms in total. The molecule has 0 fully saturated rings. The van der Waals surface area contributed by atoms with Crippen LogP contribution in [0.15, 0.2) is 47.1 Å². The molecule has 0 bridgehead atoms. The molecule has 27 heavy (non-hydrogen) atoms. The SMILES string of the molecule is C/C=C(\C)C(=O)O[C@H](CC=C(C)C)C1=CC(=O)c2c(O)ccc(O)c2C1=O. The molecule has 1 atom stereocenters. The minimum Gasteiger partial charge on any atom is -0.507 e. The Balaban J connectivity index is 2.51. The summed E-state index contributed by atoms with van der Waals surface area (Å²) < 4.78 is 5.46. The molecule has 1 aromatic rings. The zero-order valence-electron chi connectivity index (χ0n) is 15.7. The van der Waals surface area contributed by atoms with E-state index in [1.165, 1.54) is 0 Å². The second kappa shape index (κ2) is 8.03. The Bertz CT molecular complexity index is 897. The van der Waals surface area contributed by atoms with E-state index >= 15 is 0 Å². The van der Waals surface area contributed by atoms with Crippen LogP contribution in [0, 0.1) is 0 Å². The van der Waals surface area contributed by atoms with Gasteiger partial charge in [-0.05, 0) is 45.9 Å². The number of allylic oxidation sites excluding steroid dienone is 3. The number of carbonyl (C=O) groups excluding carboxylic acids is 3. The largest absolute Gasteiger partial charge is 0.507 e. The van der Waals surface area contributed by atoms with Crippen molar-refractivity contribution in [2.75, 3.05) is 0 Å². The van der Waals surface area contributed by atoms with E-state index in [9.17, 15) is 24.6 Å². The summed E-state index contributed by atoms with van der Waals surface area (Å²) in [6, 6.07) is 2.29. The van der Waals surface area contributed by atoms with Crippen LogP contribution in [0.5, 0.6) is 11.5 Å². The third-order valence-corrected chi connectivity index (χ3v) is 4.27. The molecule has 0 saturated heterocycles. The van der Waals surface area contributed by atoms with Gasteiger partial charge in [0.15, 0.2) is 11.6 Å². The molecule has 0 spiro atoms. The number of aromatic hydroxyl groups is 2. The van der Waals surface area contributed by atoms with Gasteiger partial charge in [0.2, 0.25) is 0 Å². The topological polar surface area (TPSA) is 101 Å². The Labute approximate surface area is 157 Å². The molecule has 0 aromatic heterocycles. The maximum absolute atomic E-state index is 12.9. The number of rotatable bonds is 5. The molecule has 1 aromatic carbocycles. The van der Waals surface area contributed by atoms with Crippen molar-refractivity contribution in [3.05, 3.63) is 58.2 Å². The summed E-state index contributed by atoms with van der Waals surface area (Å²) in [5, 5.41) is 20.0. The molecule has 0 radical (unpaired) electrons. The summed E-state index contributed by atoms with van der Waals surface area (Å²) in [6.07, 6.45) is 3.64. The van der Waals surface area contributed by atoms with E-state index in [2.05, 4.69) is 0 Å². The van der Waals surface area contributed by atoms with Crippen LogP contribution in [0.2, 0.25) is 0 Å². The van der Waals surface area contributed by atoms with Crippen LogP contribution in [0.25, 0.3) is 0 Å².